The first-order valence-corrected chi connectivity index (χ1v) is 10.9. The molecule has 0 aromatic heterocycles. The van der Waals surface area contributed by atoms with Crippen molar-refractivity contribution in [3.8, 4) is 22.6 Å². The van der Waals surface area contributed by atoms with Gasteiger partial charge in [0.1, 0.15) is 11.5 Å². The molecule has 4 aromatic carbocycles. The molecule has 2 nitrogen and oxygen atoms in total. The van der Waals surface area contributed by atoms with E-state index in [1.165, 1.54) is 33.4 Å². The molecule has 2 heteroatoms. The molecule has 0 amide bonds. The van der Waals surface area contributed by atoms with Gasteiger partial charge in [-0.05, 0) is 71.5 Å². The summed E-state index contributed by atoms with van der Waals surface area (Å²) in [6.07, 6.45) is 0. The first-order valence-electron chi connectivity index (χ1n) is 10.9. The van der Waals surface area contributed by atoms with E-state index in [0.717, 1.165) is 11.5 Å². The lowest BCUT2D eigenvalue weighted by Gasteiger charge is -2.34. The zero-order valence-electron chi connectivity index (χ0n) is 18.0. The summed E-state index contributed by atoms with van der Waals surface area (Å²) >= 11 is 0. The van der Waals surface area contributed by atoms with Gasteiger partial charge in [0.15, 0.2) is 0 Å². The lowest BCUT2D eigenvalue weighted by molar-refractivity contribution is 0.340. The van der Waals surface area contributed by atoms with E-state index in [-0.39, 0.29) is 5.41 Å². The summed E-state index contributed by atoms with van der Waals surface area (Å²) in [6, 6.07) is 34.7. The van der Waals surface area contributed by atoms with Gasteiger partial charge in [0.25, 0.3) is 0 Å². The van der Waals surface area contributed by atoms with Crippen LogP contribution < -0.4 is 9.47 Å². The van der Waals surface area contributed by atoms with Gasteiger partial charge in [-0.3, -0.25) is 0 Å². The normalized spacial score (nSPS) is 13.4. The Morgan fingerprint density at radius 3 is 1.29 bits per heavy atom. The maximum Gasteiger partial charge on any atom is 0.119 e. The van der Waals surface area contributed by atoms with Crippen LogP contribution in [-0.4, -0.2) is 13.2 Å². The SMILES string of the molecule is CCOc1ccc(C2(c3ccc(OCC)cc3)c3ccccc3-c3ccccc32)cc1. The van der Waals surface area contributed by atoms with Crippen LogP contribution >= 0.6 is 0 Å². The van der Waals surface area contributed by atoms with E-state index in [0.29, 0.717) is 13.2 Å². The molecule has 4 aromatic rings. The Morgan fingerprint density at radius 1 is 0.516 bits per heavy atom. The first-order chi connectivity index (χ1) is 15.3. The van der Waals surface area contributed by atoms with Crippen LogP contribution in [-0.2, 0) is 5.41 Å². The van der Waals surface area contributed by atoms with Crippen molar-refractivity contribution < 1.29 is 9.47 Å². The van der Waals surface area contributed by atoms with Gasteiger partial charge in [-0.25, -0.2) is 0 Å². The third kappa shape index (κ3) is 3.02. The fourth-order valence-corrected chi connectivity index (χ4v) is 4.96. The summed E-state index contributed by atoms with van der Waals surface area (Å²) in [5, 5.41) is 0. The molecule has 0 N–H and O–H groups in total. The van der Waals surface area contributed by atoms with E-state index in [1.54, 1.807) is 0 Å². The van der Waals surface area contributed by atoms with Gasteiger partial charge in [0.2, 0.25) is 0 Å². The molecule has 0 aliphatic heterocycles. The molecular formula is C29H26O2. The molecule has 5 rings (SSSR count). The zero-order valence-corrected chi connectivity index (χ0v) is 18.0. The predicted octanol–water partition coefficient (Wildman–Crippen LogP) is 6.85. The number of benzene rings is 4. The van der Waals surface area contributed by atoms with Gasteiger partial charge >= 0.3 is 0 Å². The van der Waals surface area contributed by atoms with Crippen LogP contribution in [0.2, 0.25) is 0 Å². The van der Waals surface area contributed by atoms with Crippen LogP contribution in [0.4, 0.5) is 0 Å². The Morgan fingerprint density at radius 2 is 0.903 bits per heavy atom. The average Bonchev–Trinajstić information content (AvgIpc) is 3.12. The van der Waals surface area contributed by atoms with E-state index in [1.807, 2.05) is 13.8 Å². The molecule has 0 atom stereocenters. The summed E-state index contributed by atoms with van der Waals surface area (Å²) < 4.78 is 11.5. The van der Waals surface area contributed by atoms with Crippen molar-refractivity contribution >= 4 is 0 Å². The number of hydrogen-bond acceptors (Lipinski definition) is 2. The molecule has 0 fully saturated rings. The Balaban J connectivity index is 1.80. The minimum atomic E-state index is -0.386. The topological polar surface area (TPSA) is 18.5 Å². The second-order valence-electron chi connectivity index (χ2n) is 7.76. The molecule has 154 valence electrons. The first kappa shape index (κ1) is 19.4. The second kappa shape index (κ2) is 7.96. The highest BCUT2D eigenvalue weighted by Gasteiger charge is 2.45. The van der Waals surface area contributed by atoms with Crippen molar-refractivity contribution in [1.29, 1.82) is 0 Å². The summed E-state index contributed by atoms with van der Waals surface area (Å²) in [6.45, 7) is 5.35. The highest BCUT2D eigenvalue weighted by molar-refractivity contribution is 5.86. The molecule has 0 heterocycles. The van der Waals surface area contributed by atoms with Crippen LogP contribution in [0.5, 0.6) is 11.5 Å². The number of ether oxygens (including phenoxy) is 2. The largest absolute Gasteiger partial charge is 0.494 e. The standard InChI is InChI=1S/C29H26O2/c1-3-30-23-17-13-21(14-18-23)29(22-15-19-24(20-16-22)31-4-2)27-11-7-5-9-25(27)26-10-6-8-12-28(26)29/h5-20H,3-4H2,1-2H3. The average molecular weight is 407 g/mol. The highest BCUT2D eigenvalue weighted by atomic mass is 16.5. The molecule has 31 heavy (non-hydrogen) atoms. The highest BCUT2D eigenvalue weighted by Crippen LogP contribution is 2.56. The minimum Gasteiger partial charge on any atom is -0.494 e. The third-order valence-corrected chi connectivity index (χ3v) is 6.15. The minimum absolute atomic E-state index is 0.386. The van der Waals surface area contributed by atoms with Gasteiger partial charge in [0.05, 0.1) is 18.6 Å². The zero-order chi connectivity index (χ0) is 21.3. The number of hydrogen-bond donors (Lipinski definition) is 0. The quantitative estimate of drug-likeness (QED) is 0.307. The summed E-state index contributed by atoms with van der Waals surface area (Å²) in [5.41, 5.74) is 7.29. The summed E-state index contributed by atoms with van der Waals surface area (Å²) in [7, 11) is 0. The van der Waals surface area contributed by atoms with Crippen LogP contribution in [0.1, 0.15) is 36.1 Å². The van der Waals surface area contributed by atoms with E-state index < -0.39 is 0 Å². The Labute approximate surface area is 184 Å². The fourth-order valence-electron chi connectivity index (χ4n) is 4.96. The van der Waals surface area contributed by atoms with E-state index >= 15 is 0 Å². The van der Waals surface area contributed by atoms with E-state index in [2.05, 4.69) is 97.1 Å². The Hall–Kier alpha value is -3.52. The smallest absolute Gasteiger partial charge is 0.119 e. The van der Waals surface area contributed by atoms with Crippen LogP contribution in [0.25, 0.3) is 11.1 Å². The van der Waals surface area contributed by atoms with Crippen molar-refractivity contribution in [2.24, 2.45) is 0 Å². The monoisotopic (exact) mass is 406 g/mol. The van der Waals surface area contributed by atoms with Crippen molar-refractivity contribution in [3.05, 3.63) is 119 Å². The van der Waals surface area contributed by atoms with Crippen molar-refractivity contribution in [2.75, 3.05) is 13.2 Å². The lowest BCUT2D eigenvalue weighted by Crippen LogP contribution is -2.28. The van der Waals surface area contributed by atoms with Gasteiger partial charge in [-0.2, -0.15) is 0 Å². The molecular weight excluding hydrogens is 380 g/mol. The summed E-state index contributed by atoms with van der Waals surface area (Å²) in [5.74, 6) is 1.79. The second-order valence-corrected chi connectivity index (χ2v) is 7.76. The third-order valence-electron chi connectivity index (χ3n) is 6.15. The van der Waals surface area contributed by atoms with Crippen molar-refractivity contribution in [1.82, 2.24) is 0 Å². The fraction of sp³-hybridized carbons (Fsp3) is 0.172. The van der Waals surface area contributed by atoms with E-state index in [4.69, 9.17) is 9.47 Å². The lowest BCUT2D eigenvalue weighted by atomic mass is 9.68. The predicted molar refractivity (Wildman–Crippen MR) is 126 cm³/mol. The molecule has 0 saturated carbocycles. The molecule has 0 spiro atoms. The van der Waals surface area contributed by atoms with Crippen LogP contribution in [0, 0.1) is 0 Å². The van der Waals surface area contributed by atoms with Gasteiger partial charge in [-0.1, -0.05) is 72.8 Å². The molecule has 0 bridgehead atoms. The molecule has 0 saturated heterocycles. The molecule has 0 unspecified atom stereocenters. The number of rotatable bonds is 6. The molecule has 0 radical (unpaired) electrons. The Bertz CT molecular complexity index is 1090. The molecule has 1 aliphatic rings. The maximum atomic E-state index is 5.73. The maximum absolute atomic E-state index is 5.73. The van der Waals surface area contributed by atoms with Gasteiger partial charge in [0, 0.05) is 0 Å². The van der Waals surface area contributed by atoms with Gasteiger partial charge in [-0.15, -0.1) is 0 Å². The van der Waals surface area contributed by atoms with Crippen molar-refractivity contribution in [3.63, 3.8) is 0 Å². The van der Waals surface area contributed by atoms with Gasteiger partial charge < -0.3 is 9.47 Å². The summed E-state index contributed by atoms with van der Waals surface area (Å²) in [4.78, 5) is 0. The van der Waals surface area contributed by atoms with Crippen LogP contribution in [0.3, 0.4) is 0 Å². The number of fused-ring (bicyclic) bond motifs is 3. The molecule has 1 aliphatic carbocycles. The van der Waals surface area contributed by atoms with Crippen LogP contribution in [0.15, 0.2) is 97.1 Å². The van der Waals surface area contributed by atoms with Crippen molar-refractivity contribution in [2.45, 2.75) is 19.3 Å². The Kier molecular flexibility index (Phi) is 4.99. The van der Waals surface area contributed by atoms with E-state index in [9.17, 15) is 0 Å².